The molecule has 0 saturated heterocycles. The summed E-state index contributed by atoms with van der Waals surface area (Å²) >= 11 is 0. The minimum atomic E-state index is -2.84. The van der Waals surface area contributed by atoms with Crippen LogP contribution in [0.25, 0.3) is 21.9 Å². The van der Waals surface area contributed by atoms with Gasteiger partial charge in [0.25, 0.3) is 0 Å². The van der Waals surface area contributed by atoms with Crippen LogP contribution in [-0.2, 0) is 12.8 Å². The Labute approximate surface area is 185 Å². The Morgan fingerprint density at radius 1 is 0.750 bits per heavy atom. The van der Waals surface area contributed by atoms with Gasteiger partial charge in [0.15, 0.2) is 0 Å². The molecule has 0 atom stereocenters. The Morgan fingerprint density at radius 2 is 1.44 bits per heavy atom. The van der Waals surface area contributed by atoms with Crippen LogP contribution in [0.4, 0.5) is 13.2 Å². The predicted octanol–water partition coefficient (Wildman–Crippen LogP) is 7.43. The predicted molar refractivity (Wildman–Crippen MR) is 121 cm³/mol. The van der Waals surface area contributed by atoms with Gasteiger partial charge in [0.2, 0.25) is 0 Å². The molecule has 0 amide bonds. The standard InChI is InChI=1S/C27H23F3O2/c1-2-31-23-14-9-19(10-15-23)21-11-16-25-22(17-21)8-7-20(26(25)28)6-3-18-4-12-24(13-5-18)32-27(29)30/h4-5,7-17,27H,2-3,6H2,1H3. The van der Waals surface area contributed by atoms with Crippen molar-refractivity contribution >= 4 is 10.8 Å². The Hall–Kier alpha value is -3.47. The molecule has 0 aromatic heterocycles. The third-order valence-corrected chi connectivity index (χ3v) is 5.36. The van der Waals surface area contributed by atoms with Crippen LogP contribution < -0.4 is 9.47 Å². The van der Waals surface area contributed by atoms with E-state index in [2.05, 4.69) is 4.74 Å². The van der Waals surface area contributed by atoms with Gasteiger partial charge in [-0.25, -0.2) is 4.39 Å². The molecule has 0 fully saturated rings. The largest absolute Gasteiger partial charge is 0.494 e. The van der Waals surface area contributed by atoms with Gasteiger partial charge in [0.1, 0.15) is 17.3 Å². The summed E-state index contributed by atoms with van der Waals surface area (Å²) in [5.41, 5.74) is 3.61. The molecule has 0 saturated carbocycles. The van der Waals surface area contributed by atoms with Crippen LogP contribution in [0.2, 0.25) is 0 Å². The smallest absolute Gasteiger partial charge is 0.387 e. The van der Waals surface area contributed by atoms with Gasteiger partial charge in [-0.1, -0.05) is 48.5 Å². The summed E-state index contributed by atoms with van der Waals surface area (Å²) in [5, 5.41) is 1.42. The van der Waals surface area contributed by atoms with Crippen LogP contribution in [0.5, 0.6) is 11.5 Å². The van der Waals surface area contributed by atoms with Crippen molar-refractivity contribution in [2.75, 3.05) is 6.61 Å². The molecule has 2 nitrogen and oxygen atoms in total. The van der Waals surface area contributed by atoms with Gasteiger partial charge < -0.3 is 9.47 Å². The lowest BCUT2D eigenvalue weighted by Gasteiger charge is -2.10. The maximum absolute atomic E-state index is 15.1. The highest BCUT2D eigenvalue weighted by atomic mass is 19.3. The van der Waals surface area contributed by atoms with Crippen molar-refractivity contribution in [2.24, 2.45) is 0 Å². The monoisotopic (exact) mass is 436 g/mol. The van der Waals surface area contributed by atoms with Crippen molar-refractivity contribution in [3.05, 3.63) is 95.8 Å². The minimum absolute atomic E-state index is 0.115. The topological polar surface area (TPSA) is 18.5 Å². The minimum Gasteiger partial charge on any atom is -0.494 e. The number of rotatable bonds is 8. The van der Waals surface area contributed by atoms with E-state index < -0.39 is 6.61 Å². The zero-order chi connectivity index (χ0) is 22.5. The summed E-state index contributed by atoms with van der Waals surface area (Å²) in [6.07, 6.45) is 1.11. The van der Waals surface area contributed by atoms with Crippen LogP contribution in [0, 0.1) is 5.82 Å². The Kier molecular flexibility index (Phi) is 6.64. The van der Waals surface area contributed by atoms with E-state index >= 15 is 4.39 Å². The zero-order valence-electron chi connectivity index (χ0n) is 17.7. The zero-order valence-corrected chi connectivity index (χ0v) is 17.7. The van der Waals surface area contributed by atoms with E-state index in [1.807, 2.05) is 61.5 Å². The van der Waals surface area contributed by atoms with Crippen molar-refractivity contribution in [3.8, 4) is 22.6 Å². The second kappa shape index (κ2) is 9.77. The third kappa shape index (κ3) is 5.05. The Bertz CT molecular complexity index is 1190. The van der Waals surface area contributed by atoms with E-state index in [-0.39, 0.29) is 11.6 Å². The van der Waals surface area contributed by atoms with E-state index in [4.69, 9.17) is 4.74 Å². The maximum Gasteiger partial charge on any atom is 0.387 e. The molecule has 0 bridgehead atoms. The van der Waals surface area contributed by atoms with E-state index in [1.54, 1.807) is 12.1 Å². The number of hydrogen-bond acceptors (Lipinski definition) is 2. The number of alkyl halides is 2. The van der Waals surface area contributed by atoms with Gasteiger partial charge in [-0.15, -0.1) is 0 Å². The summed E-state index contributed by atoms with van der Waals surface area (Å²) in [6.45, 7) is -0.278. The molecule has 32 heavy (non-hydrogen) atoms. The van der Waals surface area contributed by atoms with Crippen molar-refractivity contribution in [1.29, 1.82) is 0 Å². The molecule has 0 aliphatic heterocycles. The molecule has 0 aliphatic carbocycles. The fourth-order valence-electron chi connectivity index (χ4n) is 3.74. The van der Waals surface area contributed by atoms with E-state index in [0.29, 0.717) is 30.4 Å². The molecule has 0 spiro atoms. The first-order valence-corrected chi connectivity index (χ1v) is 10.5. The lowest BCUT2D eigenvalue weighted by atomic mass is 9.97. The normalized spacial score (nSPS) is 11.2. The Morgan fingerprint density at radius 3 is 2.12 bits per heavy atom. The first kappa shape index (κ1) is 21.8. The lowest BCUT2D eigenvalue weighted by molar-refractivity contribution is -0.0498. The molecule has 0 heterocycles. The van der Waals surface area contributed by atoms with Gasteiger partial charge in [0.05, 0.1) is 6.61 Å². The van der Waals surface area contributed by atoms with Crippen molar-refractivity contribution in [3.63, 3.8) is 0 Å². The van der Waals surface area contributed by atoms with Crippen LogP contribution in [0.3, 0.4) is 0 Å². The number of ether oxygens (including phenoxy) is 2. The summed E-state index contributed by atoms with van der Waals surface area (Å²) in [5.74, 6) is 0.714. The molecule has 0 radical (unpaired) electrons. The molecular weight excluding hydrogens is 413 g/mol. The van der Waals surface area contributed by atoms with Gasteiger partial charge in [-0.3, -0.25) is 0 Å². The molecule has 0 N–H and O–H groups in total. The molecule has 164 valence electrons. The van der Waals surface area contributed by atoms with Crippen LogP contribution in [0.1, 0.15) is 18.1 Å². The maximum atomic E-state index is 15.1. The number of halogens is 3. The second-order valence-corrected chi connectivity index (χ2v) is 7.45. The highest BCUT2D eigenvalue weighted by Gasteiger charge is 2.10. The van der Waals surface area contributed by atoms with Crippen molar-refractivity contribution in [2.45, 2.75) is 26.4 Å². The summed E-state index contributed by atoms with van der Waals surface area (Å²) in [4.78, 5) is 0. The number of aryl methyl sites for hydroxylation is 2. The van der Waals surface area contributed by atoms with Crippen molar-refractivity contribution < 1.29 is 22.6 Å². The van der Waals surface area contributed by atoms with Crippen LogP contribution in [-0.4, -0.2) is 13.2 Å². The highest BCUT2D eigenvalue weighted by Crippen LogP contribution is 2.29. The fraction of sp³-hybridized carbons (Fsp3) is 0.185. The van der Waals surface area contributed by atoms with Crippen LogP contribution >= 0.6 is 0 Å². The summed E-state index contributed by atoms with van der Waals surface area (Å²) < 4.78 is 49.5. The number of benzene rings is 4. The Balaban J connectivity index is 1.49. The first-order chi connectivity index (χ1) is 15.5. The van der Waals surface area contributed by atoms with Crippen molar-refractivity contribution in [1.82, 2.24) is 0 Å². The second-order valence-electron chi connectivity index (χ2n) is 7.45. The van der Waals surface area contributed by atoms with E-state index in [9.17, 15) is 8.78 Å². The SMILES string of the molecule is CCOc1ccc(-c2ccc3c(F)c(CCc4ccc(OC(F)F)cc4)ccc3c2)cc1. The van der Waals surface area contributed by atoms with Gasteiger partial charge >= 0.3 is 6.61 Å². The van der Waals surface area contributed by atoms with E-state index in [0.717, 1.165) is 27.8 Å². The molecule has 0 unspecified atom stereocenters. The quantitative estimate of drug-likeness (QED) is 0.286. The van der Waals surface area contributed by atoms with Gasteiger partial charge in [-0.05, 0) is 77.7 Å². The molecule has 0 aliphatic rings. The molecule has 4 aromatic rings. The lowest BCUT2D eigenvalue weighted by Crippen LogP contribution is -2.02. The molecule has 4 rings (SSSR count). The first-order valence-electron chi connectivity index (χ1n) is 10.5. The molecular formula is C27H23F3O2. The molecule has 4 aromatic carbocycles. The number of hydrogen-bond donors (Lipinski definition) is 0. The highest BCUT2D eigenvalue weighted by molar-refractivity contribution is 5.88. The summed E-state index contributed by atoms with van der Waals surface area (Å²) in [7, 11) is 0. The summed E-state index contributed by atoms with van der Waals surface area (Å²) in [6, 6.07) is 23.8. The third-order valence-electron chi connectivity index (χ3n) is 5.36. The van der Waals surface area contributed by atoms with E-state index in [1.165, 1.54) is 12.1 Å². The average Bonchev–Trinajstić information content (AvgIpc) is 2.80. The fourth-order valence-corrected chi connectivity index (χ4v) is 3.74. The number of fused-ring (bicyclic) bond motifs is 1. The van der Waals surface area contributed by atoms with Crippen LogP contribution in [0.15, 0.2) is 78.9 Å². The van der Waals surface area contributed by atoms with Gasteiger partial charge in [0, 0.05) is 5.39 Å². The van der Waals surface area contributed by atoms with Gasteiger partial charge in [-0.2, -0.15) is 8.78 Å². The average molecular weight is 436 g/mol. The molecule has 5 heteroatoms.